The Balaban J connectivity index is 3.55. The normalized spacial score (nSPS) is 13.8. The topological polar surface area (TPSA) is 46.5 Å². The molecule has 0 saturated carbocycles. The van der Waals surface area contributed by atoms with Crippen molar-refractivity contribution in [3.05, 3.63) is 0 Å². The summed E-state index contributed by atoms with van der Waals surface area (Å²) in [6.07, 6.45) is 0.406. The Labute approximate surface area is 90.2 Å². The summed E-state index contributed by atoms with van der Waals surface area (Å²) in [5.41, 5.74) is -0.416. The molecule has 0 aromatic carbocycles. The molecule has 3 nitrogen and oxygen atoms in total. The minimum absolute atomic E-state index is 0.217. The number of hydrogen-bond acceptors (Lipinski definition) is 4. The molecule has 0 radical (unpaired) electrons. The highest BCUT2D eigenvalue weighted by atomic mass is 32.2. The molecule has 1 unspecified atom stereocenters. The first-order valence-electron chi connectivity index (χ1n) is 4.83. The number of carbonyl (C=O) groups is 1. The van der Waals surface area contributed by atoms with Crippen LogP contribution >= 0.6 is 11.8 Å². The Morgan fingerprint density at radius 1 is 1.50 bits per heavy atom. The molecule has 0 aromatic rings. The third kappa shape index (κ3) is 8.38. The first-order valence-corrected chi connectivity index (χ1v) is 5.98. The fourth-order valence-electron chi connectivity index (χ4n) is 0.767. The number of carbonyl (C=O) groups excluding carboxylic acids is 1. The Kier molecular flexibility index (Phi) is 6.20. The number of ether oxygens (including phenoxy) is 1. The number of rotatable bonds is 5. The third-order valence-electron chi connectivity index (χ3n) is 1.42. The van der Waals surface area contributed by atoms with Crippen LogP contribution in [0.15, 0.2) is 0 Å². The highest BCUT2D eigenvalue weighted by Gasteiger charge is 2.16. The molecule has 0 heterocycles. The van der Waals surface area contributed by atoms with E-state index in [-0.39, 0.29) is 12.1 Å². The van der Waals surface area contributed by atoms with E-state index in [0.29, 0.717) is 11.5 Å². The molecular formula is C10H20O3S. The molecule has 0 fully saturated rings. The molecule has 0 aromatic heterocycles. The van der Waals surface area contributed by atoms with Gasteiger partial charge in [-0.3, -0.25) is 4.79 Å². The van der Waals surface area contributed by atoms with Crippen LogP contribution in [0.25, 0.3) is 0 Å². The van der Waals surface area contributed by atoms with Crippen molar-refractivity contribution in [1.29, 1.82) is 0 Å². The van der Waals surface area contributed by atoms with Gasteiger partial charge in [-0.05, 0) is 27.2 Å². The van der Waals surface area contributed by atoms with Gasteiger partial charge in [-0.2, -0.15) is 0 Å². The number of hydrogen-bond donors (Lipinski definition) is 1. The molecule has 0 aliphatic heterocycles. The van der Waals surface area contributed by atoms with E-state index in [2.05, 4.69) is 0 Å². The van der Waals surface area contributed by atoms with Crippen molar-refractivity contribution in [2.45, 2.75) is 45.8 Å². The van der Waals surface area contributed by atoms with Crippen molar-refractivity contribution < 1.29 is 14.6 Å². The number of aliphatic hydroxyl groups is 1. The first kappa shape index (κ1) is 13.8. The lowest BCUT2D eigenvalue weighted by Crippen LogP contribution is -2.25. The predicted molar refractivity (Wildman–Crippen MR) is 59.5 cm³/mol. The molecular weight excluding hydrogens is 200 g/mol. The lowest BCUT2D eigenvalue weighted by atomic mass is 10.2. The SMILES string of the molecule is CCC(O)CSCC(=O)OC(C)(C)C. The van der Waals surface area contributed by atoms with Crippen LogP contribution in [0.3, 0.4) is 0 Å². The van der Waals surface area contributed by atoms with Crippen molar-refractivity contribution in [1.82, 2.24) is 0 Å². The van der Waals surface area contributed by atoms with Crippen LogP contribution in [0.2, 0.25) is 0 Å². The van der Waals surface area contributed by atoms with E-state index < -0.39 is 5.60 Å². The minimum Gasteiger partial charge on any atom is -0.459 e. The molecule has 0 rings (SSSR count). The van der Waals surface area contributed by atoms with Gasteiger partial charge in [0.25, 0.3) is 0 Å². The largest absolute Gasteiger partial charge is 0.459 e. The summed E-state index contributed by atoms with van der Waals surface area (Å²) >= 11 is 1.41. The van der Waals surface area contributed by atoms with Crippen LogP contribution in [0.5, 0.6) is 0 Å². The van der Waals surface area contributed by atoms with Crippen molar-refractivity contribution in [2.24, 2.45) is 0 Å². The van der Waals surface area contributed by atoms with Gasteiger partial charge in [0.1, 0.15) is 5.60 Å². The zero-order valence-corrected chi connectivity index (χ0v) is 10.2. The van der Waals surface area contributed by atoms with Gasteiger partial charge >= 0.3 is 5.97 Å². The highest BCUT2D eigenvalue weighted by Crippen LogP contribution is 2.11. The van der Waals surface area contributed by atoms with E-state index in [9.17, 15) is 9.90 Å². The molecule has 0 amide bonds. The van der Waals surface area contributed by atoms with E-state index in [4.69, 9.17) is 4.74 Å². The fourth-order valence-corrected chi connectivity index (χ4v) is 1.62. The summed E-state index contributed by atoms with van der Waals surface area (Å²) in [5, 5.41) is 9.23. The van der Waals surface area contributed by atoms with Gasteiger partial charge in [-0.15, -0.1) is 11.8 Å². The maximum absolute atomic E-state index is 11.2. The second kappa shape index (κ2) is 6.30. The van der Waals surface area contributed by atoms with Crippen LogP contribution < -0.4 is 0 Å². The lowest BCUT2D eigenvalue weighted by molar-refractivity contribution is -0.151. The molecule has 1 N–H and O–H groups in total. The molecule has 0 bridgehead atoms. The predicted octanol–water partition coefficient (Wildman–Crippen LogP) is 1.83. The van der Waals surface area contributed by atoms with Crippen LogP contribution in [0.4, 0.5) is 0 Å². The minimum atomic E-state index is -0.416. The van der Waals surface area contributed by atoms with Crippen LogP contribution in [0.1, 0.15) is 34.1 Å². The number of aliphatic hydroxyl groups excluding tert-OH is 1. The van der Waals surface area contributed by atoms with Crippen LogP contribution in [0, 0.1) is 0 Å². The van der Waals surface area contributed by atoms with Crippen LogP contribution in [-0.2, 0) is 9.53 Å². The van der Waals surface area contributed by atoms with E-state index in [1.54, 1.807) is 0 Å². The van der Waals surface area contributed by atoms with Gasteiger partial charge in [0.05, 0.1) is 11.9 Å². The summed E-state index contributed by atoms with van der Waals surface area (Å²) < 4.78 is 5.11. The molecule has 84 valence electrons. The molecule has 1 atom stereocenters. The average Bonchev–Trinajstić information content (AvgIpc) is 2.00. The number of esters is 1. The molecule has 14 heavy (non-hydrogen) atoms. The summed E-state index contributed by atoms with van der Waals surface area (Å²) in [4.78, 5) is 11.2. The van der Waals surface area contributed by atoms with Crippen LogP contribution in [-0.4, -0.2) is 34.3 Å². The van der Waals surface area contributed by atoms with Gasteiger partial charge in [0.2, 0.25) is 0 Å². The Bertz CT molecular complexity index is 175. The zero-order chi connectivity index (χ0) is 11.2. The summed E-state index contributed by atoms with van der Waals surface area (Å²) in [6, 6.07) is 0. The van der Waals surface area contributed by atoms with Crippen molar-refractivity contribution in [2.75, 3.05) is 11.5 Å². The van der Waals surface area contributed by atoms with E-state index in [1.165, 1.54) is 11.8 Å². The Morgan fingerprint density at radius 3 is 2.50 bits per heavy atom. The smallest absolute Gasteiger partial charge is 0.316 e. The molecule has 0 aliphatic rings. The average molecular weight is 220 g/mol. The van der Waals surface area contributed by atoms with E-state index in [1.807, 2.05) is 27.7 Å². The van der Waals surface area contributed by atoms with Gasteiger partial charge in [-0.1, -0.05) is 6.92 Å². The number of thioether (sulfide) groups is 1. The monoisotopic (exact) mass is 220 g/mol. The maximum Gasteiger partial charge on any atom is 0.316 e. The van der Waals surface area contributed by atoms with Gasteiger partial charge in [0.15, 0.2) is 0 Å². The summed E-state index contributed by atoms with van der Waals surface area (Å²) in [5.74, 6) is 0.690. The summed E-state index contributed by atoms with van der Waals surface area (Å²) in [7, 11) is 0. The molecule has 0 spiro atoms. The van der Waals surface area contributed by atoms with Gasteiger partial charge in [-0.25, -0.2) is 0 Å². The Morgan fingerprint density at radius 2 is 2.07 bits per heavy atom. The first-order chi connectivity index (χ1) is 6.35. The van der Waals surface area contributed by atoms with E-state index >= 15 is 0 Å². The van der Waals surface area contributed by atoms with Crippen molar-refractivity contribution in [3.8, 4) is 0 Å². The molecule has 0 aliphatic carbocycles. The third-order valence-corrected chi connectivity index (χ3v) is 2.48. The highest BCUT2D eigenvalue weighted by molar-refractivity contribution is 7.99. The van der Waals surface area contributed by atoms with E-state index in [0.717, 1.165) is 6.42 Å². The zero-order valence-electron chi connectivity index (χ0n) is 9.37. The molecule has 0 saturated heterocycles. The molecule has 4 heteroatoms. The fraction of sp³-hybridized carbons (Fsp3) is 0.900. The standard InChI is InChI=1S/C10H20O3S/c1-5-8(11)6-14-7-9(12)13-10(2,3)4/h8,11H,5-7H2,1-4H3. The van der Waals surface area contributed by atoms with Gasteiger partial charge < -0.3 is 9.84 Å². The lowest BCUT2D eigenvalue weighted by Gasteiger charge is -2.19. The Hall–Kier alpha value is -0.220. The summed E-state index contributed by atoms with van der Waals surface area (Å²) in [6.45, 7) is 7.45. The second-order valence-electron chi connectivity index (χ2n) is 4.16. The van der Waals surface area contributed by atoms with Crippen molar-refractivity contribution >= 4 is 17.7 Å². The van der Waals surface area contributed by atoms with Crippen molar-refractivity contribution in [3.63, 3.8) is 0 Å². The van der Waals surface area contributed by atoms with Gasteiger partial charge in [0, 0.05) is 5.75 Å². The second-order valence-corrected chi connectivity index (χ2v) is 5.19. The maximum atomic E-state index is 11.2. The quantitative estimate of drug-likeness (QED) is 0.718.